The first-order valence-corrected chi connectivity index (χ1v) is 6.32. The van der Waals surface area contributed by atoms with E-state index in [1.54, 1.807) is 36.4 Å². The number of amides is 1. The predicted octanol–water partition coefficient (Wildman–Crippen LogP) is 3.53. The topological polar surface area (TPSA) is 65.7 Å². The minimum Gasteiger partial charge on any atom is -0.449 e. The lowest BCUT2D eigenvalue weighted by molar-refractivity contribution is 0.102. The smallest absolute Gasteiger partial charge is 0.260 e. The minimum absolute atomic E-state index is 0.334. The highest BCUT2D eigenvalue weighted by molar-refractivity contribution is 6.07. The lowest BCUT2D eigenvalue weighted by Gasteiger charge is -2.32. The zero-order chi connectivity index (χ0) is 14.8. The third-order valence-electron chi connectivity index (χ3n) is 2.77. The Balaban J connectivity index is 2.30. The van der Waals surface area contributed by atoms with Crippen LogP contribution in [0.15, 0.2) is 47.1 Å². The summed E-state index contributed by atoms with van der Waals surface area (Å²) in [4.78, 5) is 12.3. The quantitative estimate of drug-likeness (QED) is 0.840. The Hall–Kier alpha value is -2.27. The number of anilines is 2. The highest BCUT2D eigenvalue weighted by Crippen LogP contribution is 2.26. The van der Waals surface area contributed by atoms with Crippen molar-refractivity contribution in [3.63, 3.8) is 0 Å². The van der Waals surface area contributed by atoms with Gasteiger partial charge in [-0.2, -0.15) is 0 Å². The number of hydrogen-bond acceptors (Lipinski definition) is 4. The van der Waals surface area contributed by atoms with Crippen molar-refractivity contribution in [2.75, 3.05) is 10.4 Å². The summed E-state index contributed by atoms with van der Waals surface area (Å²) < 4.78 is 5.09. The van der Waals surface area contributed by atoms with Crippen LogP contribution in [-0.2, 0) is 0 Å². The van der Waals surface area contributed by atoms with Crippen LogP contribution in [0.3, 0.4) is 0 Å². The summed E-state index contributed by atoms with van der Waals surface area (Å²) in [6, 6.07) is 10.2. The number of carbonyl (C=O) groups excluding carboxylic acids is 1. The molecule has 0 fully saturated rings. The molecule has 0 bridgehead atoms. The molecular formula is C15H18N2O3. The van der Waals surface area contributed by atoms with E-state index >= 15 is 0 Å². The minimum atomic E-state index is -0.513. The van der Waals surface area contributed by atoms with Crippen molar-refractivity contribution in [2.45, 2.75) is 26.3 Å². The SMILES string of the molecule is CC(C)(C)N(O)c1ccccc1C(=O)Nc1ccco1. The van der Waals surface area contributed by atoms with E-state index in [1.165, 1.54) is 6.26 Å². The maximum atomic E-state index is 12.3. The van der Waals surface area contributed by atoms with Crippen LogP contribution in [0.5, 0.6) is 0 Å². The fourth-order valence-electron chi connectivity index (χ4n) is 1.74. The number of nitrogens with one attached hydrogen (secondary N) is 1. The van der Waals surface area contributed by atoms with Crippen LogP contribution >= 0.6 is 0 Å². The monoisotopic (exact) mass is 274 g/mol. The number of furan rings is 1. The van der Waals surface area contributed by atoms with Crippen molar-refractivity contribution >= 4 is 17.5 Å². The highest BCUT2D eigenvalue weighted by Gasteiger charge is 2.24. The normalized spacial score (nSPS) is 11.2. The van der Waals surface area contributed by atoms with E-state index in [2.05, 4.69) is 5.32 Å². The van der Waals surface area contributed by atoms with E-state index in [0.29, 0.717) is 17.1 Å². The van der Waals surface area contributed by atoms with Crippen LogP contribution in [0.25, 0.3) is 0 Å². The molecule has 0 unspecified atom stereocenters. The van der Waals surface area contributed by atoms with Gasteiger partial charge in [0.15, 0.2) is 5.88 Å². The summed E-state index contributed by atoms with van der Waals surface area (Å²) in [5, 5.41) is 14.0. The molecule has 1 aromatic heterocycles. The fourth-order valence-corrected chi connectivity index (χ4v) is 1.74. The van der Waals surface area contributed by atoms with Gasteiger partial charge in [-0.15, -0.1) is 0 Å². The number of benzene rings is 1. The number of rotatable bonds is 3. The molecule has 0 saturated carbocycles. The van der Waals surface area contributed by atoms with Gasteiger partial charge in [0.1, 0.15) is 0 Å². The molecule has 20 heavy (non-hydrogen) atoms. The summed E-state index contributed by atoms with van der Waals surface area (Å²) in [6.45, 7) is 5.57. The highest BCUT2D eigenvalue weighted by atomic mass is 16.5. The molecule has 0 aliphatic heterocycles. The predicted molar refractivity (Wildman–Crippen MR) is 77.1 cm³/mol. The number of nitrogens with zero attached hydrogens (tertiary/aromatic N) is 1. The molecule has 0 spiro atoms. The van der Waals surface area contributed by atoms with Crippen LogP contribution in [0.1, 0.15) is 31.1 Å². The number of carbonyl (C=O) groups is 1. The van der Waals surface area contributed by atoms with E-state index in [-0.39, 0.29) is 5.91 Å². The number of para-hydroxylation sites is 1. The lowest BCUT2D eigenvalue weighted by Crippen LogP contribution is -2.39. The van der Waals surface area contributed by atoms with E-state index in [0.717, 1.165) is 5.06 Å². The standard InChI is InChI=1S/C15H18N2O3/c1-15(2,3)17(19)12-8-5-4-7-11(12)14(18)16-13-9-6-10-20-13/h4-10,19H,1-3H3,(H,16,18). The van der Waals surface area contributed by atoms with Gasteiger partial charge in [-0.25, -0.2) is 0 Å². The molecule has 0 aliphatic rings. The van der Waals surface area contributed by atoms with E-state index in [1.807, 2.05) is 20.8 Å². The number of hydroxylamine groups is 1. The molecule has 1 amide bonds. The summed E-state index contributed by atoms with van der Waals surface area (Å²) >= 11 is 0. The van der Waals surface area contributed by atoms with E-state index in [9.17, 15) is 10.0 Å². The first kappa shape index (κ1) is 14.1. The summed E-state index contributed by atoms with van der Waals surface area (Å²) in [5.41, 5.74) is 0.312. The molecule has 2 aromatic rings. The van der Waals surface area contributed by atoms with Crippen molar-refractivity contribution < 1.29 is 14.4 Å². The van der Waals surface area contributed by atoms with Crippen molar-refractivity contribution in [1.29, 1.82) is 0 Å². The van der Waals surface area contributed by atoms with E-state index < -0.39 is 5.54 Å². The molecule has 5 heteroatoms. The molecule has 5 nitrogen and oxygen atoms in total. The average molecular weight is 274 g/mol. The van der Waals surface area contributed by atoms with Gasteiger partial charge in [0, 0.05) is 6.07 Å². The zero-order valence-electron chi connectivity index (χ0n) is 11.8. The van der Waals surface area contributed by atoms with Crippen LogP contribution in [0.4, 0.5) is 11.6 Å². The van der Waals surface area contributed by atoms with Crippen molar-refractivity contribution in [3.05, 3.63) is 48.2 Å². The van der Waals surface area contributed by atoms with E-state index in [4.69, 9.17) is 4.42 Å². The van der Waals surface area contributed by atoms with Crippen LogP contribution in [0, 0.1) is 0 Å². The van der Waals surface area contributed by atoms with Gasteiger partial charge >= 0.3 is 0 Å². The summed E-state index contributed by atoms with van der Waals surface area (Å²) in [7, 11) is 0. The maximum absolute atomic E-state index is 12.3. The Morgan fingerprint density at radius 2 is 1.90 bits per heavy atom. The molecule has 1 heterocycles. The first-order valence-electron chi connectivity index (χ1n) is 6.32. The molecule has 0 atom stereocenters. The zero-order valence-corrected chi connectivity index (χ0v) is 11.8. The van der Waals surface area contributed by atoms with Crippen molar-refractivity contribution in [3.8, 4) is 0 Å². The average Bonchev–Trinajstić information content (AvgIpc) is 2.89. The molecule has 1 aromatic carbocycles. The van der Waals surface area contributed by atoms with Gasteiger partial charge in [0.25, 0.3) is 5.91 Å². The van der Waals surface area contributed by atoms with Gasteiger partial charge in [-0.1, -0.05) is 12.1 Å². The van der Waals surface area contributed by atoms with Gasteiger partial charge in [0.05, 0.1) is 23.1 Å². The Bertz CT molecular complexity index is 585. The molecule has 106 valence electrons. The summed E-state index contributed by atoms with van der Waals surface area (Å²) in [5.74, 6) is 0.0314. The largest absolute Gasteiger partial charge is 0.449 e. The summed E-state index contributed by atoms with van der Waals surface area (Å²) in [6.07, 6.45) is 1.48. The molecule has 0 saturated heterocycles. The van der Waals surface area contributed by atoms with Crippen LogP contribution in [-0.4, -0.2) is 16.7 Å². The first-order chi connectivity index (χ1) is 9.39. The molecule has 2 N–H and O–H groups in total. The van der Waals surface area contributed by atoms with Crippen molar-refractivity contribution in [2.24, 2.45) is 0 Å². The van der Waals surface area contributed by atoms with Gasteiger partial charge in [0.2, 0.25) is 0 Å². The van der Waals surface area contributed by atoms with Crippen LogP contribution in [0.2, 0.25) is 0 Å². The van der Waals surface area contributed by atoms with Gasteiger partial charge < -0.3 is 4.42 Å². The Morgan fingerprint density at radius 3 is 2.50 bits per heavy atom. The van der Waals surface area contributed by atoms with Crippen molar-refractivity contribution in [1.82, 2.24) is 0 Å². The van der Waals surface area contributed by atoms with Gasteiger partial charge in [-0.3, -0.25) is 20.4 Å². The Morgan fingerprint density at radius 1 is 1.20 bits per heavy atom. The lowest BCUT2D eigenvalue weighted by atomic mass is 10.1. The van der Waals surface area contributed by atoms with Crippen LogP contribution < -0.4 is 10.4 Å². The Labute approximate surface area is 117 Å². The second-order valence-electron chi connectivity index (χ2n) is 5.43. The second kappa shape index (κ2) is 5.38. The third kappa shape index (κ3) is 3.00. The Kier molecular flexibility index (Phi) is 3.81. The molecular weight excluding hydrogens is 256 g/mol. The second-order valence-corrected chi connectivity index (χ2v) is 5.43. The number of hydrogen-bond donors (Lipinski definition) is 2. The molecule has 2 rings (SSSR count). The maximum Gasteiger partial charge on any atom is 0.260 e. The third-order valence-corrected chi connectivity index (χ3v) is 2.77. The van der Waals surface area contributed by atoms with Gasteiger partial charge in [-0.05, 0) is 39.0 Å². The fraction of sp³-hybridized carbons (Fsp3) is 0.267. The molecule has 0 aliphatic carbocycles. The molecule has 0 radical (unpaired) electrons.